The zero-order chi connectivity index (χ0) is 12.8. The maximum Gasteiger partial charge on any atom is 0.0532 e. The molecule has 0 radical (unpaired) electrons. The number of allylic oxidation sites excluding steroid dienone is 2. The van der Waals surface area contributed by atoms with E-state index in [2.05, 4.69) is 31.7 Å². The number of thiol groups is 1. The maximum atomic E-state index is 6.04. The van der Waals surface area contributed by atoms with Crippen molar-refractivity contribution in [1.29, 1.82) is 0 Å². The Hall–Kier alpha value is 0.01000. The van der Waals surface area contributed by atoms with Gasteiger partial charge in [0.05, 0.1) is 6.61 Å². The van der Waals surface area contributed by atoms with E-state index in [-0.39, 0.29) is 5.41 Å². The highest BCUT2D eigenvalue weighted by Gasteiger charge is 2.32. The first-order valence-corrected chi connectivity index (χ1v) is 7.80. The summed E-state index contributed by atoms with van der Waals surface area (Å²) in [5.41, 5.74) is 0.259. The van der Waals surface area contributed by atoms with Gasteiger partial charge >= 0.3 is 0 Å². The van der Waals surface area contributed by atoms with Crippen LogP contribution in [-0.4, -0.2) is 32.2 Å². The molecule has 2 atom stereocenters. The average molecular weight is 270 g/mol. The Bertz CT molecular complexity index is 272. The van der Waals surface area contributed by atoms with Crippen molar-refractivity contribution in [3.05, 3.63) is 12.2 Å². The van der Waals surface area contributed by atoms with Gasteiger partial charge in [0.2, 0.25) is 0 Å². The molecule has 1 aliphatic carbocycles. The minimum atomic E-state index is 0.259. The van der Waals surface area contributed by atoms with E-state index in [9.17, 15) is 0 Å². The summed E-state index contributed by atoms with van der Waals surface area (Å²) in [5.74, 6) is 2.37. The highest BCUT2D eigenvalue weighted by atomic mass is 32.1. The highest BCUT2D eigenvalue weighted by Crippen LogP contribution is 2.33. The molecule has 0 N–H and O–H groups in total. The second-order valence-corrected chi connectivity index (χ2v) is 6.28. The average Bonchev–Trinajstić information content (AvgIpc) is 2.42. The predicted molar refractivity (Wildman–Crippen MR) is 78.2 cm³/mol. The summed E-state index contributed by atoms with van der Waals surface area (Å²) < 4.78 is 11.5. The quantitative estimate of drug-likeness (QED) is 0.610. The third-order valence-corrected chi connectivity index (χ3v) is 5.22. The number of hydrogen-bond acceptors (Lipinski definition) is 3. The lowest BCUT2D eigenvalue weighted by atomic mass is 9.82. The van der Waals surface area contributed by atoms with E-state index in [1.165, 1.54) is 12.8 Å². The molecule has 18 heavy (non-hydrogen) atoms. The molecule has 2 nitrogen and oxygen atoms in total. The molecule has 0 amide bonds. The lowest BCUT2D eigenvalue weighted by Crippen LogP contribution is -2.36. The van der Waals surface area contributed by atoms with Crippen LogP contribution in [0.2, 0.25) is 0 Å². The summed E-state index contributed by atoms with van der Waals surface area (Å²) in [7, 11) is 0. The fourth-order valence-electron chi connectivity index (χ4n) is 2.82. The summed E-state index contributed by atoms with van der Waals surface area (Å²) in [4.78, 5) is 0. The second kappa shape index (κ2) is 6.97. The molecule has 104 valence electrons. The second-order valence-electron chi connectivity index (χ2n) is 5.97. The van der Waals surface area contributed by atoms with E-state index in [0.717, 1.165) is 50.9 Å². The summed E-state index contributed by atoms with van der Waals surface area (Å²) in [5, 5.41) is 0. The Labute approximate surface area is 117 Å². The van der Waals surface area contributed by atoms with Crippen LogP contribution in [-0.2, 0) is 9.47 Å². The van der Waals surface area contributed by atoms with Crippen molar-refractivity contribution in [1.82, 2.24) is 0 Å². The van der Waals surface area contributed by atoms with Crippen molar-refractivity contribution in [3.63, 3.8) is 0 Å². The molecule has 0 saturated carbocycles. The molecular weight excluding hydrogens is 244 g/mol. The van der Waals surface area contributed by atoms with Crippen LogP contribution < -0.4 is 0 Å². The third kappa shape index (κ3) is 3.75. The summed E-state index contributed by atoms with van der Waals surface area (Å²) >= 11 is 4.52. The van der Waals surface area contributed by atoms with Crippen LogP contribution in [0, 0.1) is 17.3 Å². The van der Waals surface area contributed by atoms with E-state index in [0.29, 0.717) is 5.92 Å². The van der Waals surface area contributed by atoms with Crippen LogP contribution in [0.25, 0.3) is 0 Å². The maximum absolute atomic E-state index is 6.04. The van der Waals surface area contributed by atoms with Gasteiger partial charge in [0, 0.05) is 25.2 Å². The van der Waals surface area contributed by atoms with Crippen molar-refractivity contribution in [2.75, 3.05) is 32.2 Å². The van der Waals surface area contributed by atoms with E-state index < -0.39 is 0 Å². The van der Waals surface area contributed by atoms with Crippen molar-refractivity contribution >= 4 is 12.6 Å². The monoisotopic (exact) mass is 270 g/mol. The molecule has 3 heteroatoms. The molecule has 0 aromatic heterocycles. The molecule has 2 aliphatic rings. The summed E-state index contributed by atoms with van der Waals surface area (Å²) in [6, 6.07) is 0. The highest BCUT2D eigenvalue weighted by molar-refractivity contribution is 7.80. The Balaban J connectivity index is 1.74. The minimum Gasteiger partial charge on any atom is -0.381 e. The largest absolute Gasteiger partial charge is 0.381 e. The summed E-state index contributed by atoms with van der Waals surface area (Å²) in [6.07, 6.45) is 9.18. The normalized spacial score (nSPS) is 31.4. The fraction of sp³-hybridized carbons (Fsp3) is 0.867. The van der Waals surface area contributed by atoms with E-state index in [4.69, 9.17) is 9.47 Å². The van der Waals surface area contributed by atoms with Crippen LogP contribution in [0.5, 0.6) is 0 Å². The lowest BCUT2D eigenvalue weighted by Gasteiger charge is -2.36. The molecule has 2 rings (SSSR count). The molecular formula is C15H26O2S. The Morgan fingerprint density at radius 2 is 2.00 bits per heavy atom. The molecule has 0 aromatic rings. The predicted octanol–water partition coefficient (Wildman–Crippen LogP) is 3.33. The first kappa shape index (κ1) is 14.4. The first-order chi connectivity index (χ1) is 8.76. The minimum absolute atomic E-state index is 0.259. The smallest absolute Gasteiger partial charge is 0.0532 e. The van der Waals surface area contributed by atoms with Gasteiger partial charge in [-0.3, -0.25) is 0 Å². The standard InChI is InChI=1S/C15H26O2S/c1-13-4-2-3-5-14(13)10-17-11-15(12-18)6-8-16-9-7-15/h2-3,13-14,18H,4-12H2,1H3. The number of hydrogen-bond donors (Lipinski definition) is 1. The van der Waals surface area contributed by atoms with Crippen molar-refractivity contribution < 1.29 is 9.47 Å². The SMILES string of the molecule is CC1CC=CCC1COCC1(CS)CCOCC1. The molecule has 2 unspecified atom stereocenters. The summed E-state index contributed by atoms with van der Waals surface area (Å²) in [6.45, 7) is 5.83. The molecule has 1 fully saturated rings. The Morgan fingerprint density at radius 1 is 1.28 bits per heavy atom. The van der Waals surface area contributed by atoms with Gasteiger partial charge in [0.15, 0.2) is 0 Å². The van der Waals surface area contributed by atoms with Crippen LogP contribution in [0.4, 0.5) is 0 Å². The number of ether oxygens (including phenoxy) is 2. The van der Waals surface area contributed by atoms with Gasteiger partial charge in [0.25, 0.3) is 0 Å². The van der Waals surface area contributed by atoms with E-state index in [1.807, 2.05) is 0 Å². The van der Waals surface area contributed by atoms with Gasteiger partial charge in [-0.15, -0.1) is 0 Å². The first-order valence-electron chi connectivity index (χ1n) is 7.17. The van der Waals surface area contributed by atoms with Gasteiger partial charge in [-0.05, 0) is 43.3 Å². The van der Waals surface area contributed by atoms with Crippen LogP contribution in [0.1, 0.15) is 32.6 Å². The topological polar surface area (TPSA) is 18.5 Å². The molecule has 0 bridgehead atoms. The van der Waals surface area contributed by atoms with Crippen LogP contribution in [0.15, 0.2) is 12.2 Å². The van der Waals surface area contributed by atoms with Gasteiger partial charge in [-0.25, -0.2) is 0 Å². The zero-order valence-electron chi connectivity index (χ0n) is 11.4. The van der Waals surface area contributed by atoms with Gasteiger partial charge in [-0.2, -0.15) is 12.6 Å². The van der Waals surface area contributed by atoms with Crippen molar-refractivity contribution in [2.45, 2.75) is 32.6 Å². The van der Waals surface area contributed by atoms with Crippen LogP contribution >= 0.6 is 12.6 Å². The number of rotatable bonds is 5. The van der Waals surface area contributed by atoms with Crippen molar-refractivity contribution in [2.24, 2.45) is 17.3 Å². The third-order valence-electron chi connectivity index (χ3n) is 4.55. The fourth-order valence-corrected chi connectivity index (χ4v) is 3.23. The molecule has 0 aromatic carbocycles. The molecule has 1 aliphatic heterocycles. The Morgan fingerprint density at radius 3 is 2.67 bits per heavy atom. The van der Waals surface area contributed by atoms with Crippen LogP contribution in [0.3, 0.4) is 0 Å². The molecule has 0 spiro atoms. The van der Waals surface area contributed by atoms with Gasteiger partial charge in [-0.1, -0.05) is 19.1 Å². The zero-order valence-corrected chi connectivity index (χ0v) is 12.3. The van der Waals surface area contributed by atoms with E-state index in [1.54, 1.807) is 0 Å². The van der Waals surface area contributed by atoms with Gasteiger partial charge in [0.1, 0.15) is 0 Å². The Kier molecular flexibility index (Phi) is 5.58. The molecule has 1 heterocycles. The van der Waals surface area contributed by atoms with Gasteiger partial charge < -0.3 is 9.47 Å². The van der Waals surface area contributed by atoms with E-state index >= 15 is 0 Å². The lowest BCUT2D eigenvalue weighted by molar-refractivity contribution is -0.0379. The van der Waals surface area contributed by atoms with Crippen molar-refractivity contribution in [3.8, 4) is 0 Å². The molecule has 1 saturated heterocycles.